The van der Waals surface area contributed by atoms with E-state index in [1.54, 1.807) is 5.57 Å². The molecule has 8 aliphatic carbocycles. The van der Waals surface area contributed by atoms with E-state index >= 15 is 0 Å². The quantitative estimate of drug-likeness (QED) is 0.242. The highest BCUT2D eigenvalue weighted by molar-refractivity contribution is 5.19. The van der Waals surface area contributed by atoms with E-state index < -0.39 is 0 Å². The number of hydrogen-bond acceptors (Lipinski definition) is 0. The minimum atomic E-state index is 0.448. The molecule has 16 atom stereocenters. The molecule has 8 rings (SSSR count). The first-order valence-corrected chi connectivity index (χ1v) is 28.4. The lowest BCUT2D eigenvalue weighted by Gasteiger charge is -2.76. The molecular formula is C64H122. The average Bonchev–Trinajstić information content (AvgIpc) is 3.45. The maximum Gasteiger partial charge on any atom is -0.0176 e. The molecule has 0 spiro atoms. The highest BCUT2D eigenvalue weighted by atomic mass is 14.8. The first kappa shape index (κ1) is 59.6. The SMILES string of the molecule is CC1(C)C(C)(C)C(C)(C)C1(C)C.CC1C(C)C(C)C1C.CC1C(C)C2C=CC1C(C)C2C.CC1CC(C)C(C)C1C.CC1CC(C)C(C)CC1C.CCC(C)C1C=C(C)C(C)C(C)C1. The Morgan fingerprint density at radius 1 is 0.391 bits per heavy atom. The zero-order valence-corrected chi connectivity index (χ0v) is 49.5. The summed E-state index contributed by atoms with van der Waals surface area (Å²) >= 11 is 0. The lowest BCUT2D eigenvalue weighted by atomic mass is 9.28. The summed E-state index contributed by atoms with van der Waals surface area (Å²) in [6, 6.07) is 0. The van der Waals surface area contributed by atoms with Gasteiger partial charge in [0.2, 0.25) is 0 Å². The molecule has 5 saturated carbocycles. The summed E-state index contributed by atoms with van der Waals surface area (Å²) in [5, 5.41) is 0. The summed E-state index contributed by atoms with van der Waals surface area (Å²) < 4.78 is 0. The van der Waals surface area contributed by atoms with Gasteiger partial charge in [-0.1, -0.05) is 224 Å². The van der Waals surface area contributed by atoms with Crippen molar-refractivity contribution >= 4 is 0 Å². The summed E-state index contributed by atoms with van der Waals surface area (Å²) in [7, 11) is 0. The molecule has 0 aromatic heterocycles. The van der Waals surface area contributed by atoms with Crippen molar-refractivity contribution in [3.8, 4) is 0 Å². The fraction of sp³-hybridized carbons (Fsp3) is 0.938. The molecule has 2 bridgehead atoms. The second-order valence-corrected chi connectivity index (χ2v) is 28.2. The van der Waals surface area contributed by atoms with Crippen LogP contribution in [0.1, 0.15) is 233 Å². The van der Waals surface area contributed by atoms with Crippen LogP contribution < -0.4 is 0 Å². The van der Waals surface area contributed by atoms with Crippen LogP contribution in [0.4, 0.5) is 0 Å². The highest BCUT2D eigenvalue weighted by Crippen LogP contribution is 2.77. The minimum absolute atomic E-state index is 0.448. The van der Waals surface area contributed by atoms with Gasteiger partial charge in [0.05, 0.1) is 0 Å². The highest BCUT2D eigenvalue weighted by Gasteiger charge is 2.71. The van der Waals surface area contributed by atoms with Crippen LogP contribution in [0.15, 0.2) is 23.8 Å². The summed E-state index contributed by atoms with van der Waals surface area (Å²) in [5.74, 6) is 20.4. The van der Waals surface area contributed by atoms with Gasteiger partial charge >= 0.3 is 0 Å². The van der Waals surface area contributed by atoms with Crippen LogP contribution in [-0.4, -0.2) is 0 Å². The molecule has 0 saturated heterocycles. The molecule has 8 aliphatic rings. The first-order chi connectivity index (χ1) is 29.1. The van der Waals surface area contributed by atoms with Crippen molar-refractivity contribution in [1.29, 1.82) is 0 Å². The van der Waals surface area contributed by atoms with Crippen LogP contribution in [0, 0.1) is 152 Å². The molecule has 5 fully saturated rings. The Labute approximate surface area is 406 Å². The number of hydrogen-bond donors (Lipinski definition) is 0. The van der Waals surface area contributed by atoms with Gasteiger partial charge in [-0.25, -0.2) is 0 Å². The maximum absolute atomic E-state index is 2.53. The standard InChI is InChI=1S/C13H24.C12H20.C12H24.C10H20.C9H18.C8H16/c1-6-9(2)13-7-10(3)12(5)11(4)8-13;1-7-8(2)12-6-5-11(7)9(3)10(12)4;1-9(2)10(3,4)12(7,8)11(9,5)6;1-7-5-9(3)10(4)6-8(7)2;1-6-5-7(2)9(4)8(6)3;1-5-6(2)8(4)7(5)3/h7,9,11-13H,6,8H2,1-5H3;5-12H,1-4H3;1-8H3;7-10H,5-6H2,1-4H3;6-9H,5H2,1-4H3;5-8H,1-4H3. The molecule has 64 heavy (non-hydrogen) atoms. The van der Waals surface area contributed by atoms with E-state index in [0.29, 0.717) is 21.7 Å². The van der Waals surface area contributed by atoms with Gasteiger partial charge in [-0.2, -0.15) is 0 Å². The van der Waals surface area contributed by atoms with Crippen molar-refractivity contribution in [2.75, 3.05) is 0 Å². The van der Waals surface area contributed by atoms with Crippen LogP contribution in [0.25, 0.3) is 0 Å². The second kappa shape index (κ2) is 23.4. The van der Waals surface area contributed by atoms with E-state index in [0.717, 1.165) is 130 Å². The van der Waals surface area contributed by atoms with Crippen molar-refractivity contribution in [2.24, 2.45) is 152 Å². The van der Waals surface area contributed by atoms with Gasteiger partial charge in [-0.3, -0.25) is 0 Å². The third kappa shape index (κ3) is 12.4. The van der Waals surface area contributed by atoms with Crippen molar-refractivity contribution in [3.63, 3.8) is 0 Å². The summed E-state index contributed by atoms with van der Waals surface area (Å²) in [6.07, 6.45) is 14.5. The zero-order valence-electron chi connectivity index (χ0n) is 49.5. The average molecular weight is 892 g/mol. The van der Waals surface area contributed by atoms with Gasteiger partial charge in [0.15, 0.2) is 0 Å². The molecule has 0 nitrogen and oxygen atoms in total. The van der Waals surface area contributed by atoms with E-state index in [2.05, 4.69) is 219 Å². The van der Waals surface area contributed by atoms with Gasteiger partial charge in [-0.15, -0.1) is 0 Å². The summed E-state index contributed by atoms with van der Waals surface area (Å²) in [5.41, 5.74) is 3.41. The van der Waals surface area contributed by atoms with Crippen LogP contribution >= 0.6 is 0 Å². The predicted molar refractivity (Wildman–Crippen MR) is 291 cm³/mol. The molecule has 16 unspecified atom stereocenters. The molecular weight excluding hydrogens is 769 g/mol. The summed E-state index contributed by atoms with van der Waals surface area (Å²) in [4.78, 5) is 0. The third-order valence-electron chi connectivity index (χ3n) is 25.1. The fourth-order valence-corrected chi connectivity index (χ4v) is 14.6. The van der Waals surface area contributed by atoms with Crippen molar-refractivity contribution in [3.05, 3.63) is 23.8 Å². The first-order valence-electron chi connectivity index (χ1n) is 28.4. The topological polar surface area (TPSA) is 0 Å². The smallest absolute Gasteiger partial charge is 0.0176 e. The Hall–Kier alpha value is -0.520. The van der Waals surface area contributed by atoms with Crippen molar-refractivity contribution < 1.29 is 0 Å². The van der Waals surface area contributed by atoms with Crippen molar-refractivity contribution in [1.82, 2.24) is 0 Å². The molecule has 0 radical (unpaired) electrons. The van der Waals surface area contributed by atoms with E-state index in [1.807, 2.05) is 0 Å². The molecule has 0 N–H and O–H groups in total. The Morgan fingerprint density at radius 2 is 0.656 bits per heavy atom. The van der Waals surface area contributed by atoms with Gasteiger partial charge in [-0.05, 0) is 184 Å². The Morgan fingerprint density at radius 3 is 0.875 bits per heavy atom. The molecule has 0 amide bonds. The minimum Gasteiger partial charge on any atom is -0.0846 e. The number of rotatable bonds is 2. The lowest BCUT2D eigenvalue weighted by Crippen LogP contribution is -2.70. The fourth-order valence-electron chi connectivity index (χ4n) is 14.6. The van der Waals surface area contributed by atoms with Crippen LogP contribution in [0.3, 0.4) is 0 Å². The number of fused-ring (bicyclic) bond motifs is 2. The van der Waals surface area contributed by atoms with E-state index in [4.69, 9.17) is 0 Å². The van der Waals surface area contributed by atoms with Crippen LogP contribution in [0.2, 0.25) is 0 Å². The number of allylic oxidation sites excluding steroid dienone is 4. The molecule has 0 aromatic rings. The molecule has 0 aliphatic heterocycles. The Bertz CT molecular complexity index is 1260. The summed E-state index contributed by atoms with van der Waals surface area (Å²) in [6.45, 7) is 69.2. The van der Waals surface area contributed by atoms with E-state index in [-0.39, 0.29) is 0 Å². The van der Waals surface area contributed by atoms with Gasteiger partial charge in [0.1, 0.15) is 0 Å². The zero-order chi connectivity index (χ0) is 49.9. The molecule has 378 valence electrons. The molecule has 0 heteroatoms. The molecule has 0 heterocycles. The second-order valence-electron chi connectivity index (χ2n) is 28.2. The van der Waals surface area contributed by atoms with Gasteiger partial charge < -0.3 is 0 Å². The third-order valence-corrected chi connectivity index (χ3v) is 25.1. The monoisotopic (exact) mass is 891 g/mol. The Balaban J connectivity index is 0.000000266. The van der Waals surface area contributed by atoms with Crippen molar-refractivity contribution in [2.45, 2.75) is 233 Å². The Kier molecular flexibility index (Phi) is 21.8. The predicted octanol–water partition coefficient (Wildman–Crippen LogP) is 20.5. The van der Waals surface area contributed by atoms with Crippen LogP contribution in [0.5, 0.6) is 0 Å². The van der Waals surface area contributed by atoms with E-state index in [1.165, 1.54) is 32.1 Å². The normalized spacial score (nSPS) is 46.6. The van der Waals surface area contributed by atoms with Crippen LogP contribution in [-0.2, 0) is 0 Å². The van der Waals surface area contributed by atoms with E-state index in [9.17, 15) is 0 Å². The maximum atomic E-state index is 2.53. The van der Waals surface area contributed by atoms with Gasteiger partial charge in [0, 0.05) is 0 Å². The lowest BCUT2D eigenvalue weighted by molar-refractivity contribution is -0.283. The largest absolute Gasteiger partial charge is 0.0846 e. The van der Waals surface area contributed by atoms with Gasteiger partial charge in [0.25, 0.3) is 0 Å². The molecule has 0 aromatic carbocycles.